The minimum atomic E-state index is 0.656. The Morgan fingerprint density at radius 2 is 2.06 bits per heavy atom. The average Bonchev–Trinajstić information content (AvgIpc) is 2.36. The van der Waals surface area contributed by atoms with E-state index in [0.29, 0.717) is 5.41 Å². The van der Waals surface area contributed by atoms with Gasteiger partial charge in [0.15, 0.2) is 0 Å². The molecule has 3 heteroatoms. The van der Waals surface area contributed by atoms with Crippen LogP contribution in [0.2, 0.25) is 0 Å². The van der Waals surface area contributed by atoms with Gasteiger partial charge in [0.05, 0.1) is 0 Å². The molecule has 0 aliphatic carbocycles. The summed E-state index contributed by atoms with van der Waals surface area (Å²) in [5, 5.41) is 3.52. The molecule has 3 rings (SSSR count). The summed E-state index contributed by atoms with van der Waals surface area (Å²) in [6, 6.07) is 0. The molecule has 3 fully saturated rings. The second kappa shape index (κ2) is 5.25. The highest BCUT2D eigenvalue weighted by Gasteiger charge is 2.43. The third kappa shape index (κ3) is 2.83. The maximum Gasteiger partial charge on any atom is 0.0472 e. The SMILES string of the molecule is C1CNCC(CCN2CC3(CCOCC3)C2)C1. The van der Waals surface area contributed by atoms with Crippen molar-refractivity contribution < 1.29 is 4.74 Å². The van der Waals surface area contributed by atoms with Crippen molar-refractivity contribution in [1.29, 1.82) is 0 Å². The predicted molar refractivity (Wildman–Crippen MR) is 69.1 cm³/mol. The topological polar surface area (TPSA) is 24.5 Å². The van der Waals surface area contributed by atoms with E-state index < -0.39 is 0 Å². The Balaban J connectivity index is 1.35. The van der Waals surface area contributed by atoms with Crippen molar-refractivity contribution in [3.63, 3.8) is 0 Å². The Bertz CT molecular complexity index is 237. The van der Waals surface area contributed by atoms with Crippen LogP contribution in [0.1, 0.15) is 32.1 Å². The van der Waals surface area contributed by atoms with Crippen molar-refractivity contribution in [1.82, 2.24) is 10.2 Å². The number of hydrogen-bond donors (Lipinski definition) is 1. The molecule has 3 aliphatic rings. The van der Waals surface area contributed by atoms with Crippen LogP contribution in [-0.4, -0.2) is 50.8 Å². The number of piperidine rings is 1. The fraction of sp³-hybridized carbons (Fsp3) is 1.00. The summed E-state index contributed by atoms with van der Waals surface area (Å²) in [6.45, 7) is 8.51. The summed E-state index contributed by atoms with van der Waals surface area (Å²) < 4.78 is 5.46. The van der Waals surface area contributed by atoms with Gasteiger partial charge in [-0.05, 0) is 57.7 Å². The summed E-state index contributed by atoms with van der Waals surface area (Å²) in [6.07, 6.45) is 6.83. The van der Waals surface area contributed by atoms with Crippen LogP contribution in [0.3, 0.4) is 0 Å². The number of nitrogens with one attached hydrogen (secondary N) is 1. The first-order valence-corrected chi connectivity index (χ1v) is 7.37. The Morgan fingerprint density at radius 3 is 2.76 bits per heavy atom. The summed E-state index contributed by atoms with van der Waals surface area (Å²) in [5.41, 5.74) is 0.656. The smallest absolute Gasteiger partial charge is 0.0472 e. The van der Waals surface area contributed by atoms with Gasteiger partial charge in [0.25, 0.3) is 0 Å². The fourth-order valence-electron chi connectivity index (χ4n) is 3.72. The summed E-state index contributed by atoms with van der Waals surface area (Å²) in [4.78, 5) is 2.67. The molecule has 3 aliphatic heterocycles. The first kappa shape index (κ1) is 11.9. The highest BCUT2D eigenvalue weighted by atomic mass is 16.5. The zero-order valence-electron chi connectivity index (χ0n) is 10.9. The van der Waals surface area contributed by atoms with E-state index in [1.807, 2.05) is 0 Å². The van der Waals surface area contributed by atoms with Crippen LogP contribution in [0.5, 0.6) is 0 Å². The zero-order chi connectivity index (χ0) is 11.6. The van der Waals surface area contributed by atoms with E-state index in [9.17, 15) is 0 Å². The molecule has 1 unspecified atom stereocenters. The molecule has 98 valence electrons. The molecule has 1 atom stereocenters. The van der Waals surface area contributed by atoms with Gasteiger partial charge in [-0.25, -0.2) is 0 Å². The molecule has 1 spiro atoms. The molecule has 0 aromatic heterocycles. The molecule has 0 aromatic rings. The van der Waals surface area contributed by atoms with Crippen molar-refractivity contribution in [2.45, 2.75) is 32.1 Å². The van der Waals surface area contributed by atoms with E-state index in [1.54, 1.807) is 0 Å². The van der Waals surface area contributed by atoms with E-state index >= 15 is 0 Å². The van der Waals surface area contributed by atoms with Gasteiger partial charge in [0.2, 0.25) is 0 Å². The highest BCUT2D eigenvalue weighted by Crippen LogP contribution is 2.39. The van der Waals surface area contributed by atoms with Gasteiger partial charge >= 0.3 is 0 Å². The van der Waals surface area contributed by atoms with E-state index in [-0.39, 0.29) is 0 Å². The van der Waals surface area contributed by atoms with Crippen LogP contribution in [-0.2, 0) is 4.74 Å². The van der Waals surface area contributed by atoms with Gasteiger partial charge in [-0.3, -0.25) is 0 Å². The number of likely N-dealkylation sites (tertiary alicyclic amines) is 1. The fourth-order valence-corrected chi connectivity index (χ4v) is 3.72. The molecular formula is C14H26N2O. The van der Waals surface area contributed by atoms with Gasteiger partial charge in [0.1, 0.15) is 0 Å². The van der Waals surface area contributed by atoms with Crippen LogP contribution in [0.15, 0.2) is 0 Å². The van der Waals surface area contributed by atoms with Crippen LogP contribution in [0, 0.1) is 11.3 Å². The second-order valence-electron chi connectivity index (χ2n) is 6.32. The normalized spacial score (nSPS) is 33.5. The van der Waals surface area contributed by atoms with Gasteiger partial charge in [-0.15, -0.1) is 0 Å². The minimum absolute atomic E-state index is 0.656. The van der Waals surface area contributed by atoms with E-state index in [0.717, 1.165) is 19.1 Å². The number of ether oxygens (including phenoxy) is 1. The lowest BCUT2D eigenvalue weighted by atomic mass is 9.73. The van der Waals surface area contributed by atoms with Crippen LogP contribution < -0.4 is 5.32 Å². The Morgan fingerprint density at radius 1 is 1.24 bits per heavy atom. The summed E-state index contributed by atoms with van der Waals surface area (Å²) in [7, 11) is 0. The van der Waals surface area contributed by atoms with Crippen LogP contribution in [0.25, 0.3) is 0 Å². The zero-order valence-corrected chi connectivity index (χ0v) is 10.9. The third-order valence-corrected chi connectivity index (χ3v) is 4.92. The molecule has 0 radical (unpaired) electrons. The maximum atomic E-state index is 5.46. The second-order valence-corrected chi connectivity index (χ2v) is 6.32. The van der Waals surface area contributed by atoms with E-state index in [4.69, 9.17) is 4.74 Å². The lowest BCUT2D eigenvalue weighted by molar-refractivity contribution is -0.0818. The molecule has 3 nitrogen and oxygen atoms in total. The number of hydrogen-bond acceptors (Lipinski definition) is 3. The van der Waals surface area contributed by atoms with Crippen LogP contribution in [0.4, 0.5) is 0 Å². The molecule has 0 saturated carbocycles. The lowest BCUT2D eigenvalue weighted by Gasteiger charge is -2.52. The lowest BCUT2D eigenvalue weighted by Crippen LogP contribution is -2.58. The third-order valence-electron chi connectivity index (χ3n) is 4.92. The highest BCUT2D eigenvalue weighted by molar-refractivity contribution is 4.96. The first-order chi connectivity index (χ1) is 8.36. The molecule has 0 aromatic carbocycles. The van der Waals surface area contributed by atoms with Gasteiger partial charge in [-0.2, -0.15) is 0 Å². The molecular weight excluding hydrogens is 212 g/mol. The quantitative estimate of drug-likeness (QED) is 0.806. The van der Waals surface area contributed by atoms with Crippen molar-refractivity contribution >= 4 is 0 Å². The molecule has 17 heavy (non-hydrogen) atoms. The molecule has 0 amide bonds. The summed E-state index contributed by atoms with van der Waals surface area (Å²) in [5.74, 6) is 0.940. The van der Waals surface area contributed by atoms with E-state index in [2.05, 4.69) is 10.2 Å². The molecule has 3 saturated heterocycles. The standard InChI is InChI=1S/C14H26N2O/c1-2-13(10-15-6-1)3-7-16-11-14(12-16)4-8-17-9-5-14/h13,15H,1-12H2. The van der Waals surface area contributed by atoms with Crippen LogP contribution >= 0.6 is 0 Å². The largest absolute Gasteiger partial charge is 0.381 e. The molecule has 3 heterocycles. The van der Waals surface area contributed by atoms with Gasteiger partial charge in [-0.1, -0.05) is 0 Å². The van der Waals surface area contributed by atoms with Gasteiger partial charge < -0.3 is 15.0 Å². The number of rotatable bonds is 3. The number of nitrogens with zero attached hydrogens (tertiary/aromatic N) is 1. The molecule has 1 N–H and O–H groups in total. The van der Waals surface area contributed by atoms with Crippen molar-refractivity contribution in [3.8, 4) is 0 Å². The predicted octanol–water partition coefficient (Wildman–Crippen LogP) is 1.49. The Hall–Kier alpha value is -0.120. The monoisotopic (exact) mass is 238 g/mol. The molecule has 0 bridgehead atoms. The first-order valence-electron chi connectivity index (χ1n) is 7.37. The van der Waals surface area contributed by atoms with Crippen molar-refractivity contribution in [2.24, 2.45) is 11.3 Å². The van der Waals surface area contributed by atoms with Crippen molar-refractivity contribution in [3.05, 3.63) is 0 Å². The van der Waals surface area contributed by atoms with E-state index in [1.165, 1.54) is 64.8 Å². The van der Waals surface area contributed by atoms with Crippen molar-refractivity contribution in [2.75, 3.05) is 45.9 Å². The minimum Gasteiger partial charge on any atom is -0.381 e. The summed E-state index contributed by atoms with van der Waals surface area (Å²) >= 11 is 0. The average molecular weight is 238 g/mol. The van der Waals surface area contributed by atoms with Gasteiger partial charge in [0, 0.05) is 31.7 Å². The maximum absolute atomic E-state index is 5.46. The Kier molecular flexibility index (Phi) is 3.69. The Labute approximate surface area is 105 Å².